The SMILES string of the molecule is CC(C)(C)NCC1CC1(C)c1ccc(Br)cc1F. The maximum Gasteiger partial charge on any atom is 0.128 e. The molecule has 1 nitrogen and oxygen atoms in total. The summed E-state index contributed by atoms with van der Waals surface area (Å²) in [6.07, 6.45) is 1.06. The first-order valence-corrected chi connectivity index (χ1v) is 7.22. The third-order valence-electron chi connectivity index (χ3n) is 3.84. The van der Waals surface area contributed by atoms with E-state index in [1.807, 2.05) is 12.1 Å². The van der Waals surface area contributed by atoms with Gasteiger partial charge in [-0.25, -0.2) is 4.39 Å². The normalized spacial score (nSPS) is 27.3. The quantitative estimate of drug-likeness (QED) is 0.879. The van der Waals surface area contributed by atoms with Gasteiger partial charge in [-0.05, 0) is 62.8 Å². The lowest BCUT2D eigenvalue weighted by atomic mass is 9.94. The summed E-state index contributed by atoms with van der Waals surface area (Å²) in [4.78, 5) is 0. The summed E-state index contributed by atoms with van der Waals surface area (Å²) in [7, 11) is 0. The zero-order valence-electron chi connectivity index (χ0n) is 11.5. The number of hydrogen-bond donors (Lipinski definition) is 1. The molecule has 2 atom stereocenters. The highest BCUT2D eigenvalue weighted by Gasteiger charge is 2.52. The Kier molecular flexibility index (Phi) is 3.58. The highest BCUT2D eigenvalue weighted by molar-refractivity contribution is 9.10. The van der Waals surface area contributed by atoms with Crippen LogP contribution in [-0.4, -0.2) is 12.1 Å². The van der Waals surface area contributed by atoms with Crippen molar-refractivity contribution in [3.63, 3.8) is 0 Å². The van der Waals surface area contributed by atoms with E-state index in [0.717, 1.165) is 23.0 Å². The maximum atomic E-state index is 14.0. The standard InChI is InChI=1S/C15H21BrFN/c1-14(2,3)18-9-10-8-15(10,4)12-6-5-11(16)7-13(12)17/h5-7,10,18H,8-9H2,1-4H3. The summed E-state index contributed by atoms with van der Waals surface area (Å²) in [5.74, 6) is 0.442. The van der Waals surface area contributed by atoms with Gasteiger partial charge in [-0.15, -0.1) is 0 Å². The molecule has 0 amide bonds. The fraction of sp³-hybridized carbons (Fsp3) is 0.600. The fourth-order valence-electron chi connectivity index (χ4n) is 2.46. The first kappa shape index (κ1) is 14.0. The topological polar surface area (TPSA) is 12.0 Å². The van der Waals surface area contributed by atoms with Crippen LogP contribution in [0.25, 0.3) is 0 Å². The Morgan fingerprint density at radius 2 is 2.11 bits per heavy atom. The average Bonchev–Trinajstić information content (AvgIpc) is 2.86. The molecule has 2 rings (SSSR count). The van der Waals surface area contributed by atoms with Crippen LogP contribution in [0.1, 0.15) is 39.7 Å². The molecule has 0 aromatic heterocycles. The molecule has 0 aliphatic heterocycles. The number of hydrogen-bond acceptors (Lipinski definition) is 1. The molecule has 0 radical (unpaired) electrons. The van der Waals surface area contributed by atoms with Gasteiger partial charge in [-0.3, -0.25) is 0 Å². The molecular weight excluding hydrogens is 293 g/mol. The molecule has 1 fully saturated rings. The van der Waals surface area contributed by atoms with Gasteiger partial charge in [0.1, 0.15) is 5.82 Å². The van der Waals surface area contributed by atoms with E-state index in [-0.39, 0.29) is 16.8 Å². The van der Waals surface area contributed by atoms with Crippen LogP contribution in [-0.2, 0) is 5.41 Å². The second kappa shape index (κ2) is 4.61. The van der Waals surface area contributed by atoms with E-state index in [0.29, 0.717) is 5.92 Å². The molecule has 0 saturated heterocycles. The van der Waals surface area contributed by atoms with Crippen molar-refractivity contribution in [3.05, 3.63) is 34.1 Å². The minimum absolute atomic E-state index is 0.00301. The van der Waals surface area contributed by atoms with Gasteiger partial charge in [0.05, 0.1) is 0 Å². The zero-order valence-corrected chi connectivity index (χ0v) is 13.1. The molecule has 0 spiro atoms. The summed E-state index contributed by atoms with van der Waals surface area (Å²) in [5, 5.41) is 3.51. The lowest BCUT2D eigenvalue weighted by Crippen LogP contribution is -2.38. The Hall–Kier alpha value is -0.410. The van der Waals surface area contributed by atoms with E-state index in [1.165, 1.54) is 0 Å². The molecule has 1 N–H and O–H groups in total. The molecule has 2 unspecified atom stereocenters. The monoisotopic (exact) mass is 313 g/mol. The van der Waals surface area contributed by atoms with Crippen LogP contribution in [0.5, 0.6) is 0 Å². The number of rotatable bonds is 3. The molecule has 1 aromatic rings. The van der Waals surface area contributed by atoms with Gasteiger partial charge in [-0.2, -0.15) is 0 Å². The van der Waals surface area contributed by atoms with Gasteiger partial charge in [0.15, 0.2) is 0 Å². The van der Waals surface area contributed by atoms with Crippen LogP contribution in [0.2, 0.25) is 0 Å². The zero-order chi connectivity index (χ0) is 13.6. The Morgan fingerprint density at radius 1 is 1.44 bits per heavy atom. The van der Waals surface area contributed by atoms with Crippen LogP contribution < -0.4 is 5.32 Å². The Balaban J connectivity index is 2.06. The molecule has 0 bridgehead atoms. The second-order valence-corrected chi connectivity index (χ2v) is 7.49. The van der Waals surface area contributed by atoms with E-state index < -0.39 is 0 Å². The van der Waals surface area contributed by atoms with Crippen molar-refractivity contribution in [1.82, 2.24) is 5.32 Å². The molecule has 1 aliphatic carbocycles. The van der Waals surface area contributed by atoms with Crippen LogP contribution in [0, 0.1) is 11.7 Å². The van der Waals surface area contributed by atoms with Crippen molar-refractivity contribution >= 4 is 15.9 Å². The Bertz CT molecular complexity index is 452. The smallest absolute Gasteiger partial charge is 0.128 e. The van der Waals surface area contributed by atoms with Crippen LogP contribution in [0.3, 0.4) is 0 Å². The highest BCUT2D eigenvalue weighted by Crippen LogP contribution is 2.54. The summed E-state index contributed by atoms with van der Waals surface area (Å²) in [5.41, 5.74) is 0.983. The summed E-state index contributed by atoms with van der Waals surface area (Å²) in [6, 6.07) is 5.40. The van der Waals surface area contributed by atoms with Gasteiger partial charge >= 0.3 is 0 Å². The predicted molar refractivity (Wildman–Crippen MR) is 77.3 cm³/mol. The van der Waals surface area contributed by atoms with Crippen molar-refractivity contribution in [2.24, 2.45) is 5.92 Å². The van der Waals surface area contributed by atoms with Crippen molar-refractivity contribution in [2.45, 2.75) is 45.1 Å². The number of nitrogens with one attached hydrogen (secondary N) is 1. The molecule has 1 aromatic carbocycles. The highest BCUT2D eigenvalue weighted by atomic mass is 79.9. The van der Waals surface area contributed by atoms with Gasteiger partial charge in [0.25, 0.3) is 0 Å². The van der Waals surface area contributed by atoms with Crippen LogP contribution in [0.15, 0.2) is 22.7 Å². The molecule has 18 heavy (non-hydrogen) atoms. The van der Waals surface area contributed by atoms with E-state index in [1.54, 1.807) is 6.07 Å². The van der Waals surface area contributed by atoms with Gasteiger partial charge in [0.2, 0.25) is 0 Å². The molecule has 3 heteroatoms. The van der Waals surface area contributed by atoms with Gasteiger partial charge in [0, 0.05) is 10.0 Å². The Morgan fingerprint density at radius 3 is 2.67 bits per heavy atom. The largest absolute Gasteiger partial charge is 0.312 e. The lowest BCUT2D eigenvalue weighted by Gasteiger charge is -2.22. The summed E-state index contributed by atoms with van der Waals surface area (Å²) in [6.45, 7) is 9.59. The van der Waals surface area contributed by atoms with E-state index in [9.17, 15) is 4.39 Å². The number of halogens is 2. The fourth-order valence-corrected chi connectivity index (χ4v) is 2.80. The molecular formula is C15H21BrFN. The third-order valence-corrected chi connectivity index (χ3v) is 4.33. The first-order chi connectivity index (χ1) is 8.22. The van der Waals surface area contributed by atoms with Crippen molar-refractivity contribution in [2.75, 3.05) is 6.54 Å². The predicted octanol–water partition coefficient (Wildman–Crippen LogP) is 4.25. The van der Waals surface area contributed by atoms with Crippen molar-refractivity contribution < 1.29 is 4.39 Å². The average molecular weight is 314 g/mol. The van der Waals surface area contributed by atoms with Gasteiger partial charge < -0.3 is 5.32 Å². The minimum Gasteiger partial charge on any atom is -0.312 e. The number of benzene rings is 1. The molecule has 100 valence electrons. The van der Waals surface area contributed by atoms with E-state index >= 15 is 0 Å². The minimum atomic E-state index is -0.0925. The third kappa shape index (κ3) is 2.94. The van der Waals surface area contributed by atoms with Crippen LogP contribution >= 0.6 is 15.9 Å². The second-order valence-electron chi connectivity index (χ2n) is 6.57. The molecule has 1 aliphatic rings. The van der Waals surface area contributed by atoms with E-state index in [4.69, 9.17) is 0 Å². The van der Waals surface area contributed by atoms with E-state index in [2.05, 4.69) is 48.9 Å². The van der Waals surface area contributed by atoms with Crippen molar-refractivity contribution in [3.8, 4) is 0 Å². The first-order valence-electron chi connectivity index (χ1n) is 6.43. The van der Waals surface area contributed by atoms with Crippen molar-refractivity contribution in [1.29, 1.82) is 0 Å². The molecule has 0 heterocycles. The van der Waals surface area contributed by atoms with Crippen LogP contribution in [0.4, 0.5) is 4.39 Å². The maximum absolute atomic E-state index is 14.0. The Labute approximate surface area is 117 Å². The molecule has 1 saturated carbocycles. The van der Waals surface area contributed by atoms with Gasteiger partial charge in [-0.1, -0.05) is 28.9 Å². The summed E-state index contributed by atoms with van der Waals surface area (Å²) < 4.78 is 14.8. The lowest BCUT2D eigenvalue weighted by molar-refractivity contribution is 0.404. The summed E-state index contributed by atoms with van der Waals surface area (Å²) >= 11 is 3.30.